The van der Waals surface area contributed by atoms with Gasteiger partial charge in [-0.15, -0.1) is 0 Å². The zero-order chi connectivity index (χ0) is 37.6. The van der Waals surface area contributed by atoms with Gasteiger partial charge in [0.2, 0.25) is 5.91 Å². The van der Waals surface area contributed by atoms with Crippen LogP contribution in [0.2, 0.25) is 0 Å². The molecule has 5 heterocycles. The quantitative estimate of drug-likeness (QED) is 0.166. The summed E-state index contributed by atoms with van der Waals surface area (Å²) in [5.41, 5.74) is 4.68. The lowest BCUT2D eigenvalue weighted by Gasteiger charge is -2.60. The summed E-state index contributed by atoms with van der Waals surface area (Å²) >= 11 is 0. The topological polar surface area (TPSA) is 99.7 Å². The van der Waals surface area contributed by atoms with E-state index in [-0.39, 0.29) is 40.5 Å². The maximum absolute atomic E-state index is 14.1. The SMILES string of the molecule is C=CC(=O)N1CC2(CCN(c3nc(OC4CC5(C4)CN(C(C)CC)C5)nc4c(OCC(F)(F)F)c(-c5c(C)ccc6[nH]ncc56)c(C5CC5)cc34)CC2)C1. The van der Waals surface area contributed by atoms with Gasteiger partial charge >= 0.3 is 12.2 Å². The molecule has 5 fully saturated rings. The van der Waals surface area contributed by atoms with Gasteiger partial charge in [0.1, 0.15) is 17.4 Å². The van der Waals surface area contributed by atoms with Crippen LogP contribution in [0.5, 0.6) is 11.8 Å². The van der Waals surface area contributed by atoms with Crippen LogP contribution in [0, 0.1) is 17.8 Å². The molecular formula is C41H48F3N7O3. The molecule has 10 nitrogen and oxygen atoms in total. The Bertz CT molecular complexity index is 2120. The van der Waals surface area contributed by atoms with Crippen molar-refractivity contribution in [2.24, 2.45) is 10.8 Å². The Morgan fingerprint density at radius 3 is 2.48 bits per heavy atom. The van der Waals surface area contributed by atoms with Crippen molar-refractivity contribution >= 4 is 33.5 Å². The molecule has 4 aromatic rings. The third-order valence-electron chi connectivity index (χ3n) is 13.0. The van der Waals surface area contributed by atoms with Crippen molar-refractivity contribution in [1.82, 2.24) is 30.0 Å². The summed E-state index contributed by atoms with van der Waals surface area (Å²) < 4.78 is 54.8. The second kappa shape index (κ2) is 12.8. The van der Waals surface area contributed by atoms with Crippen molar-refractivity contribution in [1.29, 1.82) is 0 Å². The molecule has 54 heavy (non-hydrogen) atoms. The number of benzene rings is 2. The Labute approximate surface area is 313 Å². The molecule has 2 saturated carbocycles. The predicted molar refractivity (Wildman–Crippen MR) is 201 cm³/mol. The molecule has 9 rings (SSSR count). The van der Waals surface area contributed by atoms with Gasteiger partial charge in [-0.2, -0.15) is 28.2 Å². The van der Waals surface area contributed by atoms with Crippen LogP contribution in [-0.4, -0.2) is 100 Å². The number of nitrogens with one attached hydrogen (secondary N) is 1. The summed E-state index contributed by atoms with van der Waals surface area (Å²) in [5.74, 6) is 0.887. The smallest absolute Gasteiger partial charge is 0.422 e. The maximum atomic E-state index is 14.1. The molecule has 2 aromatic heterocycles. The fraction of sp³-hybridized carbons (Fsp3) is 0.561. The number of hydrogen-bond donors (Lipinski definition) is 1. The van der Waals surface area contributed by atoms with Crippen molar-refractivity contribution in [2.45, 2.75) is 90.0 Å². The lowest BCUT2D eigenvalue weighted by Crippen LogP contribution is -2.66. The fourth-order valence-electron chi connectivity index (χ4n) is 9.58. The Kier molecular flexibility index (Phi) is 8.40. The number of hydrogen-bond acceptors (Lipinski definition) is 8. The summed E-state index contributed by atoms with van der Waals surface area (Å²) in [4.78, 5) is 28.9. The van der Waals surface area contributed by atoms with Crippen LogP contribution in [0.4, 0.5) is 19.0 Å². The van der Waals surface area contributed by atoms with Gasteiger partial charge in [0, 0.05) is 72.5 Å². The molecule has 0 radical (unpaired) electrons. The predicted octanol–water partition coefficient (Wildman–Crippen LogP) is 7.56. The van der Waals surface area contributed by atoms with E-state index in [1.807, 2.05) is 24.0 Å². The fourth-order valence-corrected chi connectivity index (χ4v) is 9.58. The normalized spacial score (nSPS) is 21.6. The van der Waals surface area contributed by atoms with Crippen molar-refractivity contribution in [3.63, 3.8) is 0 Å². The summed E-state index contributed by atoms with van der Waals surface area (Å²) in [7, 11) is 0. The minimum atomic E-state index is -4.57. The van der Waals surface area contributed by atoms with E-state index < -0.39 is 12.8 Å². The van der Waals surface area contributed by atoms with E-state index in [9.17, 15) is 18.0 Å². The number of anilines is 1. The number of amides is 1. The van der Waals surface area contributed by atoms with Gasteiger partial charge in [0.05, 0.1) is 11.7 Å². The van der Waals surface area contributed by atoms with Crippen molar-refractivity contribution in [3.05, 3.63) is 48.2 Å². The van der Waals surface area contributed by atoms with E-state index in [1.165, 1.54) is 6.08 Å². The van der Waals surface area contributed by atoms with Crippen LogP contribution in [0.15, 0.2) is 37.1 Å². The number of rotatable bonds is 10. The number of carbonyl (C=O) groups is 1. The summed E-state index contributed by atoms with van der Waals surface area (Å²) in [6, 6.07) is 6.73. The lowest BCUT2D eigenvalue weighted by molar-refractivity contribution is -0.153. The number of halogens is 3. The van der Waals surface area contributed by atoms with E-state index in [0.29, 0.717) is 54.5 Å². The van der Waals surface area contributed by atoms with E-state index in [2.05, 4.69) is 46.5 Å². The molecule has 3 saturated heterocycles. The number of nitrogens with zero attached hydrogens (tertiary/aromatic N) is 6. The Hall–Kier alpha value is -4.39. The number of alkyl halides is 3. The molecular weight excluding hydrogens is 695 g/mol. The highest BCUT2D eigenvalue weighted by atomic mass is 19.4. The third-order valence-corrected chi connectivity index (χ3v) is 13.0. The van der Waals surface area contributed by atoms with Gasteiger partial charge in [0.15, 0.2) is 12.4 Å². The van der Waals surface area contributed by atoms with Crippen LogP contribution in [0.25, 0.3) is 32.9 Å². The zero-order valence-electron chi connectivity index (χ0n) is 31.3. The molecule has 1 N–H and O–H groups in total. The second-order valence-corrected chi connectivity index (χ2v) is 16.9. The summed E-state index contributed by atoms with van der Waals surface area (Å²) in [5, 5.41) is 8.81. The number of aromatic amines is 1. The average Bonchev–Trinajstić information content (AvgIpc) is 3.84. The van der Waals surface area contributed by atoms with E-state index in [0.717, 1.165) is 85.6 Å². The molecule has 2 spiro atoms. The number of fused-ring (bicyclic) bond motifs is 2. The number of carbonyl (C=O) groups excluding carboxylic acids is 1. The molecule has 1 amide bonds. The first-order chi connectivity index (χ1) is 25.9. The molecule has 1 unspecified atom stereocenters. The largest absolute Gasteiger partial charge is 0.481 e. The van der Waals surface area contributed by atoms with Crippen LogP contribution in [0.1, 0.15) is 75.8 Å². The first-order valence-electron chi connectivity index (χ1n) is 19.5. The standard InChI is InChI=1S/C41H48F3N7O3/c1-5-25(4)50-21-40(22-50)16-27(17-40)54-38-46-35-29(37(47-38)49-13-11-39(12-14-49)19-51(20-39)32(52)6-2)15-28(26-8-9-26)34(36(35)53-23-41(42,43)44)33-24(3)7-10-31-30(33)18-45-48-31/h6-7,10,15,18,25-27H,2,5,8-9,11-14,16-17,19-23H2,1,3-4H3,(H,45,48). The van der Waals surface area contributed by atoms with Gasteiger partial charge in [0.25, 0.3) is 0 Å². The van der Waals surface area contributed by atoms with Crippen molar-refractivity contribution in [3.8, 4) is 22.9 Å². The van der Waals surface area contributed by atoms with Crippen molar-refractivity contribution in [2.75, 3.05) is 50.8 Å². The number of ether oxygens (including phenoxy) is 2. The summed E-state index contributed by atoms with van der Waals surface area (Å²) in [6.07, 6.45) is 4.95. The number of H-pyrrole nitrogens is 1. The number of aryl methyl sites for hydroxylation is 1. The first-order valence-corrected chi connectivity index (χ1v) is 19.5. The molecule has 3 aliphatic heterocycles. The highest BCUT2D eigenvalue weighted by Gasteiger charge is 2.54. The highest BCUT2D eigenvalue weighted by Crippen LogP contribution is 2.54. The number of piperidine rings is 1. The Morgan fingerprint density at radius 2 is 1.81 bits per heavy atom. The molecule has 0 bridgehead atoms. The van der Waals surface area contributed by atoms with Crippen LogP contribution in [0.3, 0.4) is 0 Å². The van der Waals surface area contributed by atoms with Crippen LogP contribution >= 0.6 is 0 Å². The Morgan fingerprint density at radius 1 is 1.07 bits per heavy atom. The minimum absolute atomic E-state index is 0.0393. The van der Waals surface area contributed by atoms with E-state index in [1.54, 1.807) is 6.20 Å². The zero-order valence-corrected chi connectivity index (χ0v) is 31.3. The van der Waals surface area contributed by atoms with Crippen LogP contribution < -0.4 is 14.4 Å². The van der Waals surface area contributed by atoms with Gasteiger partial charge in [-0.25, -0.2) is 0 Å². The minimum Gasteiger partial charge on any atom is -0.481 e. The average molecular weight is 744 g/mol. The maximum Gasteiger partial charge on any atom is 0.422 e. The van der Waals surface area contributed by atoms with Crippen LogP contribution in [-0.2, 0) is 4.79 Å². The number of likely N-dealkylation sites (tertiary alicyclic amines) is 2. The molecule has 5 aliphatic rings. The van der Waals surface area contributed by atoms with Gasteiger partial charge in [-0.3, -0.25) is 14.8 Å². The third kappa shape index (κ3) is 6.16. The second-order valence-electron chi connectivity index (χ2n) is 16.9. The number of aromatic nitrogens is 4. The van der Waals surface area contributed by atoms with E-state index >= 15 is 0 Å². The van der Waals surface area contributed by atoms with Gasteiger partial charge in [-0.1, -0.05) is 19.6 Å². The Balaban J connectivity index is 1.14. The monoisotopic (exact) mass is 743 g/mol. The molecule has 286 valence electrons. The van der Waals surface area contributed by atoms with Crippen molar-refractivity contribution < 1.29 is 27.4 Å². The van der Waals surface area contributed by atoms with Gasteiger partial charge in [-0.05, 0) is 99.6 Å². The van der Waals surface area contributed by atoms with Gasteiger partial charge < -0.3 is 19.3 Å². The lowest BCUT2D eigenvalue weighted by atomic mass is 9.61. The molecule has 13 heteroatoms. The molecule has 2 aromatic carbocycles. The van der Waals surface area contributed by atoms with E-state index in [4.69, 9.17) is 19.4 Å². The molecule has 2 aliphatic carbocycles. The highest BCUT2D eigenvalue weighted by molar-refractivity contribution is 6.06. The first kappa shape index (κ1) is 35.3. The molecule has 1 atom stereocenters. The summed E-state index contributed by atoms with van der Waals surface area (Å²) in [6.45, 7) is 13.5.